The van der Waals surface area contributed by atoms with Crippen LogP contribution in [0.1, 0.15) is 20.3 Å². The van der Waals surface area contributed by atoms with Crippen LogP contribution in [0.3, 0.4) is 0 Å². The average Bonchev–Trinajstić information content (AvgIpc) is 2.28. The molecule has 0 aromatic rings. The molecule has 0 bridgehead atoms. The van der Waals surface area contributed by atoms with Crippen molar-refractivity contribution in [2.45, 2.75) is 30.8 Å². The Kier molecular flexibility index (Phi) is 4.00. The molecule has 14 heavy (non-hydrogen) atoms. The van der Waals surface area contributed by atoms with Gasteiger partial charge in [-0.05, 0) is 0 Å². The van der Waals surface area contributed by atoms with E-state index in [9.17, 15) is 9.59 Å². The number of aliphatic imine (C=N–C) groups is 1. The van der Waals surface area contributed by atoms with Gasteiger partial charge in [0.1, 0.15) is 9.63 Å². The average molecular weight is 233 g/mol. The molecule has 0 aromatic carbocycles. The van der Waals surface area contributed by atoms with Gasteiger partial charge in [0.2, 0.25) is 0 Å². The zero-order chi connectivity index (χ0) is 10.7. The summed E-state index contributed by atoms with van der Waals surface area (Å²) >= 11 is 2.75. The lowest BCUT2D eigenvalue weighted by molar-refractivity contribution is -0.138. The van der Waals surface area contributed by atoms with Crippen molar-refractivity contribution in [1.29, 1.82) is 0 Å². The van der Waals surface area contributed by atoms with Crippen LogP contribution in [0.25, 0.3) is 0 Å². The van der Waals surface area contributed by atoms with E-state index < -0.39 is 11.2 Å². The number of carbonyl (C=O) groups excluding carboxylic acids is 1. The van der Waals surface area contributed by atoms with E-state index in [4.69, 9.17) is 5.11 Å². The summed E-state index contributed by atoms with van der Waals surface area (Å²) in [6.07, 6.45) is -0.144. The highest BCUT2D eigenvalue weighted by atomic mass is 32.2. The molecule has 0 radical (unpaired) electrons. The summed E-state index contributed by atoms with van der Waals surface area (Å²) in [7, 11) is 0. The van der Waals surface area contributed by atoms with Crippen LogP contribution in [-0.2, 0) is 9.59 Å². The zero-order valence-corrected chi connectivity index (χ0v) is 9.52. The number of nitrogens with zero attached hydrogens (tertiary/aromatic N) is 1. The van der Waals surface area contributed by atoms with E-state index in [1.165, 1.54) is 23.5 Å². The predicted octanol–water partition coefficient (Wildman–Crippen LogP) is 1.60. The Bertz CT molecular complexity index is 288. The van der Waals surface area contributed by atoms with Crippen molar-refractivity contribution < 1.29 is 14.7 Å². The first-order chi connectivity index (χ1) is 6.49. The van der Waals surface area contributed by atoms with Crippen molar-refractivity contribution in [2.24, 2.45) is 4.99 Å². The van der Waals surface area contributed by atoms with Gasteiger partial charge in [-0.1, -0.05) is 37.4 Å². The lowest BCUT2D eigenvalue weighted by Gasteiger charge is -2.04. The third-order valence-corrected chi connectivity index (χ3v) is 3.70. The lowest BCUT2D eigenvalue weighted by atomic mass is 10.3. The van der Waals surface area contributed by atoms with E-state index in [1.807, 2.05) is 13.8 Å². The third kappa shape index (κ3) is 3.34. The number of carbonyl (C=O) groups is 2. The first-order valence-electron chi connectivity index (χ1n) is 4.16. The Hall–Kier alpha value is -0.490. The van der Waals surface area contributed by atoms with E-state index in [0.29, 0.717) is 9.63 Å². The molecule has 1 atom stereocenters. The number of amides is 1. The van der Waals surface area contributed by atoms with Crippen LogP contribution in [-0.4, -0.2) is 31.9 Å². The minimum Gasteiger partial charge on any atom is -0.481 e. The Morgan fingerprint density at radius 3 is 2.86 bits per heavy atom. The fourth-order valence-electron chi connectivity index (χ4n) is 0.904. The smallest absolute Gasteiger partial charge is 0.305 e. The third-order valence-electron chi connectivity index (χ3n) is 1.42. The standard InChI is InChI=1S/C8H11NO3S2/c1-4(2)13-8-9-7(12)5(14-8)3-6(10)11/h4-5H,3H2,1-2H3,(H,10,11)/t5-/m0/s1. The number of carboxylic acids is 1. The molecule has 4 nitrogen and oxygen atoms in total. The SMILES string of the molecule is CC(C)SC1=NC(=O)[C@H](CC(=O)O)S1. The topological polar surface area (TPSA) is 66.7 Å². The van der Waals surface area contributed by atoms with Crippen molar-refractivity contribution >= 4 is 39.8 Å². The minimum absolute atomic E-state index is 0.144. The molecule has 0 saturated heterocycles. The number of hydrogen-bond acceptors (Lipinski definition) is 4. The fourth-order valence-corrected chi connectivity index (χ4v) is 3.36. The second kappa shape index (κ2) is 4.84. The summed E-state index contributed by atoms with van der Waals surface area (Å²) in [5, 5.41) is 8.38. The molecule has 1 amide bonds. The molecule has 0 saturated carbocycles. The van der Waals surface area contributed by atoms with Crippen molar-refractivity contribution in [2.75, 3.05) is 0 Å². The number of hydrogen-bond donors (Lipinski definition) is 1. The van der Waals surface area contributed by atoms with Crippen molar-refractivity contribution in [3.63, 3.8) is 0 Å². The first-order valence-corrected chi connectivity index (χ1v) is 5.92. The Morgan fingerprint density at radius 1 is 1.71 bits per heavy atom. The molecule has 1 aliphatic rings. The van der Waals surface area contributed by atoms with Crippen LogP contribution < -0.4 is 0 Å². The number of rotatable bonds is 3. The maximum atomic E-state index is 11.2. The van der Waals surface area contributed by atoms with Gasteiger partial charge in [-0.3, -0.25) is 9.59 Å². The van der Waals surface area contributed by atoms with Gasteiger partial charge in [-0.15, -0.1) is 0 Å². The predicted molar refractivity (Wildman–Crippen MR) is 58.8 cm³/mol. The van der Waals surface area contributed by atoms with Gasteiger partial charge in [0.05, 0.1) is 6.42 Å². The molecule has 78 valence electrons. The highest BCUT2D eigenvalue weighted by Crippen LogP contribution is 2.32. The molecule has 0 aliphatic carbocycles. The van der Waals surface area contributed by atoms with Crippen LogP contribution in [0.4, 0.5) is 0 Å². The normalized spacial score (nSPS) is 21.5. The molecule has 1 aliphatic heterocycles. The van der Waals surface area contributed by atoms with Gasteiger partial charge in [0, 0.05) is 5.25 Å². The van der Waals surface area contributed by atoms with Crippen LogP contribution in [0.2, 0.25) is 0 Å². The van der Waals surface area contributed by atoms with Crippen molar-refractivity contribution in [1.82, 2.24) is 0 Å². The second-order valence-corrected chi connectivity index (χ2v) is 6.10. The summed E-state index contributed by atoms with van der Waals surface area (Å²) in [6, 6.07) is 0. The Labute approximate surface area is 90.5 Å². The van der Waals surface area contributed by atoms with Gasteiger partial charge in [-0.25, -0.2) is 0 Å². The van der Waals surface area contributed by atoms with Crippen LogP contribution in [0.15, 0.2) is 4.99 Å². The highest BCUT2D eigenvalue weighted by Gasteiger charge is 2.30. The van der Waals surface area contributed by atoms with Gasteiger partial charge in [0.25, 0.3) is 5.91 Å². The highest BCUT2D eigenvalue weighted by molar-refractivity contribution is 8.39. The first kappa shape index (κ1) is 11.6. The number of thioether (sulfide) groups is 2. The monoisotopic (exact) mass is 233 g/mol. The molecular weight excluding hydrogens is 222 g/mol. The summed E-state index contributed by atoms with van der Waals surface area (Å²) in [6.45, 7) is 4.01. The van der Waals surface area contributed by atoms with E-state index in [-0.39, 0.29) is 12.3 Å². The van der Waals surface area contributed by atoms with Crippen molar-refractivity contribution in [3.8, 4) is 0 Å². The van der Waals surface area contributed by atoms with E-state index >= 15 is 0 Å². The summed E-state index contributed by atoms with van der Waals surface area (Å²) < 4.78 is 0.691. The van der Waals surface area contributed by atoms with E-state index in [0.717, 1.165) is 0 Å². The van der Waals surface area contributed by atoms with Gasteiger partial charge < -0.3 is 5.11 Å². The molecule has 1 rings (SSSR count). The largest absolute Gasteiger partial charge is 0.481 e. The quantitative estimate of drug-likeness (QED) is 0.802. The molecule has 0 aromatic heterocycles. The fraction of sp³-hybridized carbons (Fsp3) is 0.625. The van der Waals surface area contributed by atoms with Gasteiger partial charge >= 0.3 is 5.97 Å². The maximum Gasteiger partial charge on any atom is 0.305 e. The molecule has 1 N–H and O–H groups in total. The van der Waals surface area contributed by atoms with Crippen LogP contribution >= 0.6 is 23.5 Å². The molecule has 0 unspecified atom stereocenters. The summed E-state index contributed by atoms with van der Waals surface area (Å²) in [5.74, 6) is -1.28. The van der Waals surface area contributed by atoms with Crippen LogP contribution in [0, 0.1) is 0 Å². The molecule has 0 spiro atoms. The number of aliphatic carboxylic acids is 1. The molecule has 0 fully saturated rings. The summed E-state index contributed by atoms with van der Waals surface area (Å²) in [4.78, 5) is 25.4. The van der Waals surface area contributed by atoms with E-state index in [1.54, 1.807) is 0 Å². The Morgan fingerprint density at radius 2 is 2.36 bits per heavy atom. The minimum atomic E-state index is -0.957. The van der Waals surface area contributed by atoms with Crippen LogP contribution in [0.5, 0.6) is 0 Å². The summed E-state index contributed by atoms with van der Waals surface area (Å²) in [5.41, 5.74) is 0. The van der Waals surface area contributed by atoms with Crippen molar-refractivity contribution in [3.05, 3.63) is 0 Å². The molecule has 1 heterocycles. The zero-order valence-electron chi connectivity index (χ0n) is 7.89. The molecule has 6 heteroatoms. The van der Waals surface area contributed by atoms with Gasteiger partial charge in [-0.2, -0.15) is 4.99 Å². The number of carboxylic acid groups (broad SMARTS) is 1. The second-order valence-electron chi connectivity index (χ2n) is 3.09. The molecular formula is C8H11NO3S2. The van der Waals surface area contributed by atoms with E-state index in [2.05, 4.69) is 4.99 Å². The maximum absolute atomic E-state index is 11.2. The van der Waals surface area contributed by atoms with Gasteiger partial charge in [0.15, 0.2) is 0 Å². The lowest BCUT2D eigenvalue weighted by Crippen LogP contribution is -2.15. The Balaban J connectivity index is 2.51.